The monoisotopic (exact) mass is 296 g/mol. The number of alkyl halides is 2. The molecule has 0 aromatic carbocycles. The molecule has 0 aliphatic heterocycles. The van der Waals surface area contributed by atoms with Crippen LogP contribution in [0.3, 0.4) is 0 Å². The zero-order valence-corrected chi connectivity index (χ0v) is 8.94. The highest BCUT2D eigenvalue weighted by Gasteiger charge is 2.30. The van der Waals surface area contributed by atoms with E-state index in [1.165, 1.54) is 0 Å². The Kier molecular flexibility index (Phi) is 3.48. The molecule has 0 saturated heterocycles. The summed E-state index contributed by atoms with van der Waals surface area (Å²) in [6, 6.07) is 0.737. The number of hydrogen-bond acceptors (Lipinski definition) is 4. The molecule has 6 nitrogen and oxygen atoms in total. The summed E-state index contributed by atoms with van der Waals surface area (Å²) in [6.07, 6.45) is -3.14. The predicted octanol–water partition coefficient (Wildman–Crippen LogP) is 2.39. The van der Waals surface area contributed by atoms with Crippen molar-refractivity contribution in [2.75, 3.05) is 0 Å². The van der Waals surface area contributed by atoms with E-state index in [0.717, 1.165) is 6.07 Å². The van der Waals surface area contributed by atoms with Crippen LogP contribution in [-0.4, -0.2) is 21.0 Å². The van der Waals surface area contributed by atoms with Crippen molar-refractivity contribution in [3.05, 3.63) is 31.9 Å². The lowest BCUT2D eigenvalue weighted by atomic mass is 10.1. The molecule has 0 atom stereocenters. The van der Waals surface area contributed by atoms with Crippen LogP contribution in [0.4, 0.5) is 14.6 Å². The minimum atomic E-state index is -3.14. The lowest BCUT2D eigenvalue weighted by Gasteiger charge is -2.04. The number of carboxylic acids is 1. The molecule has 0 amide bonds. The lowest BCUT2D eigenvalue weighted by Crippen LogP contribution is -2.09. The Morgan fingerprint density at radius 1 is 1.62 bits per heavy atom. The first kappa shape index (κ1) is 12.4. The van der Waals surface area contributed by atoms with Crippen molar-refractivity contribution in [2.24, 2.45) is 0 Å². The van der Waals surface area contributed by atoms with Gasteiger partial charge in [-0.05, 0) is 9.91 Å². The summed E-state index contributed by atoms with van der Waals surface area (Å²) in [6.45, 7) is 0. The Bertz CT molecular complexity index is 466. The van der Waals surface area contributed by atoms with Gasteiger partial charge in [0.05, 0.1) is 0 Å². The number of rotatable bonds is 3. The summed E-state index contributed by atoms with van der Waals surface area (Å²) >= 11 is 2.69. The first-order valence-electron chi connectivity index (χ1n) is 3.71. The molecule has 0 bridgehead atoms. The third kappa shape index (κ3) is 2.30. The minimum absolute atomic E-state index is 0.223. The van der Waals surface area contributed by atoms with Crippen LogP contribution in [0.2, 0.25) is 0 Å². The molecule has 1 rings (SSSR count). The van der Waals surface area contributed by atoms with Gasteiger partial charge in [-0.1, -0.05) is 0 Å². The van der Waals surface area contributed by atoms with Gasteiger partial charge in [-0.15, -0.1) is 0 Å². The number of aromatic nitrogens is 1. The van der Waals surface area contributed by atoms with Crippen LogP contribution >= 0.6 is 15.9 Å². The van der Waals surface area contributed by atoms with Crippen molar-refractivity contribution in [1.29, 1.82) is 0 Å². The number of carboxylic acid groups (broad SMARTS) is 1. The lowest BCUT2D eigenvalue weighted by molar-refractivity contribution is -0.390. The molecule has 0 aliphatic carbocycles. The molecule has 0 fully saturated rings. The first-order chi connectivity index (χ1) is 7.34. The number of hydrogen-bond donors (Lipinski definition) is 1. The van der Waals surface area contributed by atoms with Crippen LogP contribution in [0.25, 0.3) is 0 Å². The third-order valence-electron chi connectivity index (χ3n) is 1.62. The van der Waals surface area contributed by atoms with Crippen molar-refractivity contribution >= 4 is 27.7 Å². The maximum atomic E-state index is 12.5. The maximum absolute atomic E-state index is 12.5. The number of aromatic carboxylic acids is 1. The molecule has 1 aromatic heterocycles. The Hall–Kier alpha value is -1.64. The Morgan fingerprint density at radius 2 is 2.19 bits per heavy atom. The standard InChI is InChI=1S/C7H3BrF2N2O4/c8-3-1-2(5(9)10)4(7(13)14)6(11-3)12(15)16/h1,5H,(H,13,14). The van der Waals surface area contributed by atoms with E-state index >= 15 is 0 Å². The predicted molar refractivity (Wildman–Crippen MR) is 50.5 cm³/mol. The van der Waals surface area contributed by atoms with E-state index < -0.39 is 34.3 Å². The Balaban J connectivity index is 3.60. The van der Waals surface area contributed by atoms with Crippen LogP contribution in [0.1, 0.15) is 22.3 Å². The summed E-state index contributed by atoms with van der Waals surface area (Å²) in [5.74, 6) is -2.93. The van der Waals surface area contributed by atoms with Crippen LogP contribution < -0.4 is 0 Å². The second kappa shape index (κ2) is 4.47. The number of nitro groups is 1. The van der Waals surface area contributed by atoms with Crippen LogP contribution in [-0.2, 0) is 0 Å². The molecular formula is C7H3BrF2N2O4. The molecule has 1 N–H and O–H groups in total. The summed E-state index contributed by atoms with van der Waals surface area (Å²) in [5.41, 5.74) is -2.04. The van der Waals surface area contributed by atoms with Gasteiger partial charge in [-0.2, -0.15) is 0 Å². The Labute approximate surface area is 95.2 Å². The van der Waals surface area contributed by atoms with Crippen LogP contribution in [0, 0.1) is 10.1 Å². The van der Waals surface area contributed by atoms with Gasteiger partial charge in [0.25, 0.3) is 6.43 Å². The van der Waals surface area contributed by atoms with E-state index in [-0.39, 0.29) is 4.60 Å². The van der Waals surface area contributed by atoms with E-state index in [0.29, 0.717) is 0 Å². The van der Waals surface area contributed by atoms with Crippen molar-refractivity contribution in [3.8, 4) is 0 Å². The first-order valence-corrected chi connectivity index (χ1v) is 4.50. The highest BCUT2D eigenvalue weighted by atomic mass is 79.9. The van der Waals surface area contributed by atoms with Crippen molar-refractivity contribution in [3.63, 3.8) is 0 Å². The van der Waals surface area contributed by atoms with E-state index in [1.807, 2.05) is 0 Å². The zero-order valence-electron chi connectivity index (χ0n) is 7.35. The van der Waals surface area contributed by atoms with Gasteiger partial charge in [-0.25, -0.2) is 13.6 Å². The molecule has 0 saturated carbocycles. The van der Waals surface area contributed by atoms with E-state index in [9.17, 15) is 23.7 Å². The van der Waals surface area contributed by atoms with Gasteiger partial charge in [-0.3, -0.25) is 0 Å². The van der Waals surface area contributed by atoms with Crippen molar-refractivity contribution in [1.82, 2.24) is 4.98 Å². The SMILES string of the molecule is O=C(O)c1c(C(F)F)cc(Br)nc1[N+](=O)[O-]. The molecular weight excluding hydrogens is 294 g/mol. The fraction of sp³-hybridized carbons (Fsp3) is 0.143. The maximum Gasteiger partial charge on any atom is 0.379 e. The quantitative estimate of drug-likeness (QED) is 0.525. The van der Waals surface area contributed by atoms with Gasteiger partial charge < -0.3 is 15.2 Å². The van der Waals surface area contributed by atoms with E-state index in [4.69, 9.17) is 5.11 Å². The number of halogens is 3. The summed E-state index contributed by atoms with van der Waals surface area (Å²) in [4.78, 5) is 23.3. The van der Waals surface area contributed by atoms with Crippen molar-refractivity contribution in [2.45, 2.75) is 6.43 Å². The molecule has 0 unspecified atom stereocenters. The molecule has 9 heteroatoms. The number of nitrogens with zero attached hydrogens (tertiary/aromatic N) is 2. The second-order valence-corrected chi connectivity index (χ2v) is 3.41. The highest BCUT2D eigenvalue weighted by molar-refractivity contribution is 9.10. The topological polar surface area (TPSA) is 93.3 Å². The Morgan fingerprint density at radius 3 is 2.56 bits per heavy atom. The van der Waals surface area contributed by atoms with Gasteiger partial charge in [0.1, 0.15) is 0 Å². The molecule has 16 heavy (non-hydrogen) atoms. The van der Waals surface area contributed by atoms with E-state index in [2.05, 4.69) is 20.9 Å². The second-order valence-electron chi connectivity index (χ2n) is 2.60. The minimum Gasteiger partial charge on any atom is -0.477 e. The third-order valence-corrected chi connectivity index (χ3v) is 2.03. The molecule has 0 spiro atoms. The van der Waals surface area contributed by atoms with Crippen LogP contribution in [0.5, 0.6) is 0 Å². The zero-order chi connectivity index (χ0) is 12.5. The molecule has 86 valence electrons. The number of pyridine rings is 1. The molecule has 1 heterocycles. The normalized spacial score (nSPS) is 10.5. The molecule has 0 radical (unpaired) electrons. The van der Waals surface area contributed by atoms with Gasteiger partial charge in [0.2, 0.25) is 4.60 Å². The van der Waals surface area contributed by atoms with Gasteiger partial charge in [0.15, 0.2) is 5.56 Å². The van der Waals surface area contributed by atoms with Gasteiger partial charge >= 0.3 is 11.8 Å². The average Bonchev–Trinajstić information content (AvgIpc) is 2.15. The van der Waals surface area contributed by atoms with E-state index in [1.54, 1.807) is 0 Å². The fourth-order valence-corrected chi connectivity index (χ4v) is 1.46. The van der Waals surface area contributed by atoms with Gasteiger partial charge in [0, 0.05) is 27.6 Å². The largest absolute Gasteiger partial charge is 0.477 e. The molecule has 1 aromatic rings. The van der Waals surface area contributed by atoms with Crippen molar-refractivity contribution < 1.29 is 23.6 Å². The smallest absolute Gasteiger partial charge is 0.379 e. The summed E-state index contributed by atoms with van der Waals surface area (Å²) < 4.78 is 24.7. The average molecular weight is 297 g/mol. The summed E-state index contributed by atoms with van der Waals surface area (Å²) in [5, 5.41) is 19.1. The summed E-state index contributed by atoms with van der Waals surface area (Å²) in [7, 11) is 0. The van der Waals surface area contributed by atoms with Crippen LogP contribution in [0.15, 0.2) is 10.7 Å². The highest BCUT2D eigenvalue weighted by Crippen LogP contribution is 2.30. The fourth-order valence-electron chi connectivity index (χ4n) is 1.04. The number of carbonyl (C=O) groups is 1. The molecule has 0 aliphatic rings.